The summed E-state index contributed by atoms with van der Waals surface area (Å²) in [5, 5.41) is 15.6. The number of nitrogens with zero attached hydrogens (tertiary/aromatic N) is 2. The Morgan fingerprint density at radius 2 is 1.38 bits per heavy atom. The third-order valence-electron chi connectivity index (χ3n) is 0.163. The molecule has 0 saturated heterocycles. The molecule has 0 unspecified atom stereocenters. The van der Waals surface area contributed by atoms with Crippen molar-refractivity contribution >= 4 is 0 Å². The third kappa shape index (κ3) is 9.02. The average molecular weight is 215 g/mol. The Bertz CT molecular complexity index is 87.5. The van der Waals surface area contributed by atoms with Crippen molar-refractivity contribution in [1.82, 2.24) is 5.53 Å². The molecule has 0 spiro atoms. The Morgan fingerprint density at radius 3 is 1.38 bits per heavy atom. The second-order valence-electron chi connectivity index (χ2n) is 0.614. The van der Waals surface area contributed by atoms with E-state index in [4.69, 9.17) is 20.2 Å². The van der Waals surface area contributed by atoms with Gasteiger partial charge < -0.3 is 0 Å². The van der Waals surface area contributed by atoms with Crippen LogP contribution in [0.3, 0.4) is 0 Å². The first kappa shape index (κ1) is 10.3. The molecule has 0 rings (SSSR count). The number of hydrogen-bond donors (Lipinski definition) is 1. The molecule has 0 aliphatic carbocycles. The summed E-state index contributed by atoms with van der Waals surface area (Å²) < 4.78 is 0. The summed E-state index contributed by atoms with van der Waals surface area (Å²) in [4.78, 5) is 18.1. The molecule has 0 heterocycles. The zero-order valence-corrected chi connectivity index (χ0v) is 4.81. The van der Waals surface area contributed by atoms with E-state index in [0.717, 1.165) is 5.53 Å². The maximum absolute atomic E-state index is 9.06. The van der Waals surface area contributed by atoms with Gasteiger partial charge in [0.1, 0.15) is 0 Å². The Morgan fingerprint density at radius 1 is 1.12 bits per heavy atom. The molecule has 0 atom stereocenters. The van der Waals surface area contributed by atoms with Crippen LogP contribution in [0, 0.1) is 20.2 Å². The zero-order chi connectivity index (χ0) is 5.86. The van der Waals surface area contributed by atoms with Gasteiger partial charge in [-0.2, -0.15) is 0 Å². The number of rotatable bonds is 2. The van der Waals surface area contributed by atoms with Crippen molar-refractivity contribution in [2.45, 2.75) is 0 Å². The van der Waals surface area contributed by atoms with Crippen LogP contribution in [-0.2, 0) is 22.4 Å². The van der Waals surface area contributed by atoms with Crippen LogP contribution >= 0.6 is 0 Å². The SMILES string of the molecule is O=[N+]([O-])N[N+](=O)[O-].[Ag]. The molecule has 7 nitrogen and oxygen atoms in total. The van der Waals surface area contributed by atoms with E-state index in [1.807, 2.05) is 0 Å². The van der Waals surface area contributed by atoms with Crippen LogP contribution in [0.5, 0.6) is 0 Å². The molecule has 1 radical (unpaired) electrons. The summed E-state index contributed by atoms with van der Waals surface area (Å²) in [5.41, 5.74) is 0.750. The maximum atomic E-state index is 9.06. The third-order valence-corrected chi connectivity index (χ3v) is 0.163. The number of hydrogen-bond acceptors (Lipinski definition) is 4. The molecule has 0 aliphatic heterocycles. The van der Waals surface area contributed by atoms with Gasteiger partial charge >= 0.3 is 0 Å². The van der Waals surface area contributed by atoms with Crippen LogP contribution in [-0.4, -0.2) is 10.1 Å². The standard InChI is InChI=1S/Ag.HN3O4/c;4-2(5)1-3(6)7/h;1H. The first-order valence-electron chi connectivity index (χ1n) is 1.18. The van der Waals surface area contributed by atoms with Gasteiger partial charge in [0.05, 0.1) is 0 Å². The minimum Gasteiger partial charge on any atom is -0.230 e. The van der Waals surface area contributed by atoms with Crippen molar-refractivity contribution in [3.63, 3.8) is 0 Å². The van der Waals surface area contributed by atoms with E-state index in [9.17, 15) is 0 Å². The summed E-state index contributed by atoms with van der Waals surface area (Å²) >= 11 is 0. The Labute approximate surface area is 58.8 Å². The van der Waals surface area contributed by atoms with E-state index in [1.54, 1.807) is 0 Å². The first-order valence-corrected chi connectivity index (χ1v) is 1.18. The van der Waals surface area contributed by atoms with Gasteiger partial charge in [0.2, 0.25) is 10.1 Å². The molecular formula is HAgN3O4. The second-order valence-corrected chi connectivity index (χ2v) is 0.614. The fourth-order valence-corrected chi connectivity index (χ4v) is 0.0667. The number of nitro groups is 2. The van der Waals surface area contributed by atoms with Gasteiger partial charge in [0, 0.05) is 22.4 Å². The van der Waals surface area contributed by atoms with Crippen molar-refractivity contribution in [2.24, 2.45) is 0 Å². The van der Waals surface area contributed by atoms with Crippen LogP contribution in [0.25, 0.3) is 0 Å². The largest absolute Gasteiger partial charge is 0.230 e. The van der Waals surface area contributed by atoms with E-state index in [2.05, 4.69) is 0 Å². The van der Waals surface area contributed by atoms with Gasteiger partial charge in [0.25, 0.3) is 0 Å². The van der Waals surface area contributed by atoms with Crippen LogP contribution in [0.1, 0.15) is 0 Å². The normalized spacial score (nSPS) is 6.50. The van der Waals surface area contributed by atoms with Gasteiger partial charge in [0.15, 0.2) is 5.53 Å². The molecule has 0 aromatic heterocycles. The van der Waals surface area contributed by atoms with E-state index in [-0.39, 0.29) is 22.4 Å². The molecular weight excluding hydrogens is 214 g/mol. The molecule has 0 bridgehead atoms. The fraction of sp³-hybridized carbons (Fsp3) is 0. The van der Waals surface area contributed by atoms with Gasteiger partial charge in [-0.05, 0) is 0 Å². The molecule has 8 heteroatoms. The van der Waals surface area contributed by atoms with Crippen molar-refractivity contribution in [3.05, 3.63) is 20.2 Å². The smallest absolute Gasteiger partial charge is 0.220 e. The molecule has 0 aliphatic rings. The summed E-state index contributed by atoms with van der Waals surface area (Å²) in [6.45, 7) is 0. The molecule has 1 N–H and O–H groups in total. The van der Waals surface area contributed by atoms with Crippen molar-refractivity contribution in [2.75, 3.05) is 0 Å². The summed E-state index contributed by atoms with van der Waals surface area (Å²) in [6.07, 6.45) is 0. The van der Waals surface area contributed by atoms with Gasteiger partial charge in [-0.3, -0.25) is 0 Å². The second kappa shape index (κ2) is 4.50. The minimum absolute atomic E-state index is 0. The van der Waals surface area contributed by atoms with E-state index in [0.29, 0.717) is 0 Å². The van der Waals surface area contributed by atoms with Crippen LogP contribution in [0.4, 0.5) is 0 Å². The van der Waals surface area contributed by atoms with Crippen LogP contribution in [0.15, 0.2) is 0 Å². The van der Waals surface area contributed by atoms with E-state index < -0.39 is 10.1 Å². The summed E-state index contributed by atoms with van der Waals surface area (Å²) in [5.74, 6) is 0. The fourth-order valence-electron chi connectivity index (χ4n) is 0.0667. The Balaban J connectivity index is 0. The van der Waals surface area contributed by atoms with Crippen molar-refractivity contribution in [1.29, 1.82) is 0 Å². The molecule has 0 fully saturated rings. The van der Waals surface area contributed by atoms with E-state index in [1.165, 1.54) is 0 Å². The zero-order valence-electron chi connectivity index (χ0n) is 3.33. The Hall–Kier alpha value is -0.660. The van der Waals surface area contributed by atoms with E-state index >= 15 is 0 Å². The molecule has 0 saturated carbocycles. The molecule has 0 aromatic rings. The predicted octanol–water partition coefficient (Wildman–Crippen LogP) is -1.04. The molecule has 51 valence electrons. The van der Waals surface area contributed by atoms with Gasteiger partial charge in [-0.15, -0.1) is 0 Å². The van der Waals surface area contributed by atoms with Gasteiger partial charge in [-0.1, -0.05) is 0 Å². The van der Waals surface area contributed by atoms with Crippen molar-refractivity contribution < 1.29 is 32.4 Å². The first-order chi connectivity index (χ1) is 3.13. The van der Waals surface area contributed by atoms with Crippen molar-refractivity contribution in [3.8, 4) is 0 Å². The molecule has 0 aromatic carbocycles. The average Bonchev–Trinajstić information content (AvgIpc) is 1.27. The predicted molar refractivity (Wildman–Crippen MR) is 17.1 cm³/mol. The van der Waals surface area contributed by atoms with Gasteiger partial charge in [-0.25, -0.2) is 20.2 Å². The molecule has 0 amide bonds. The summed E-state index contributed by atoms with van der Waals surface area (Å²) in [6, 6.07) is 0. The Kier molecular flexibility index (Phi) is 5.82. The molecule has 8 heavy (non-hydrogen) atoms. The quantitative estimate of drug-likeness (QED) is 0.360. The van der Waals surface area contributed by atoms with Crippen LogP contribution in [0.2, 0.25) is 0 Å². The number of nitrogens with one attached hydrogen (secondary N) is 1. The van der Waals surface area contributed by atoms with Crippen LogP contribution < -0.4 is 5.53 Å². The number of hydrazine groups is 2. The summed E-state index contributed by atoms with van der Waals surface area (Å²) in [7, 11) is 0. The minimum atomic E-state index is -1.25. The topological polar surface area (TPSA) is 98.3 Å². The maximum Gasteiger partial charge on any atom is 0.220 e. The monoisotopic (exact) mass is 214 g/mol.